The molecule has 0 saturated heterocycles. The first-order valence-electron chi connectivity index (χ1n) is 6.12. The van der Waals surface area contributed by atoms with Gasteiger partial charge in [-0.25, -0.2) is 18.1 Å². The van der Waals surface area contributed by atoms with Crippen molar-refractivity contribution in [2.45, 2.75) is 24.3 Å². The van der Waals surface area contributed by atoms with E-state index in [4.69, 9.17) is 18.0 Å². The van der Waals surface area contributed by atoms with Crippen LogP contribution in [0.5, 0.6) is 0 Å². The monoisotopic (exact) mass is 311 g/mol. The van der Waals surface area contributed by atoms with Gasteiger partial charge in [0.1, 0.15) is 5.65 Å². The molecule has 0 bridgehead atoms. The molecular weight excluding hydrogens is 298 g/mol. The van der Waals surface area contributed by atoms with Crippen molar-refractivity contribution in [1.29, 1.82) is 0 Å². The smallest absolute Gasteiger partial charge is 0.259 e. The Morgan fingerprint density at radius 3 is 2.95 bits per heavy atom. The number of nitrogens with zero attached hydrogens (tertiary/aromatic N) is 2. The van der Waals surface area contributed by atoms with Gasteiger partial charge in [-0.2, -0.15) is 0 Å². The van der Waals surface area contributed by atoms with E-state index in [0.717, 1.165) is 6.42 Å². The number of fused-ring (bicyclic) bond motifs is 1. The van der Waals surface area contributed by atoms with Gasteiger partial charge in [0.2, 0.25) is 0 Å². The minimum absolute atomic E-state index is 0.0349. The molecule has 0 atom stereocenters. The summed E-state index contributed by atoms with van der Waals surface area (Å²) < 4.78 is 28.5. The number of rotatable bonds is 6. The molecule has 2 aromatic heterocycles. The quantitative estimate of drug-likeness (QED) is 0.656. The molecule has 0 spiro atoms. The topological polar surface area (TPSA) is 63.5 Å². The van der Waals surface area contributed by atoms with Gasteiger partial charge < -0.3 is 0 Å². The number of hydrogen-bond donors (Lipinski definition) is 1. The van der Waals surface area contributed by atoms with Crippen molar-refractivity contribution in [3.05, 3.63) is 29.5 Å². The third kappa shape index (κ3) is 3.12. The zero-order valence-corrected chi connectivity index (χ0v) is 12.3. The lowest BCUT2D eigenvalue weighted by molar-refractivity contribution is 0.572. The second kappa shape index (κ2) is 6.27. The predicted octanol–water partition coefficient (Wildman–Crippen LogP) is 2.07. The molecule has 0 aliphatic heterocycles. The molecule has 0 aliphatic rings. The first-order chi connectivity index (χ1) is 9.56. The summed E-state index contributed by atoms with van der Waals surface area (Å²) >= 11 is 5.94. The van der Waals surface area contributed by atoms with Crippen molar-refractivity contribution in [2.24, 2.45) is 0 Å². The minimum Gasteiger partial charge on any atom is -0.288 e. The number of aromatic nitrogens is 2. The molecule has 20 heavy (non-hydrogen) atoms. The number of nitrogens with one attached hydrogen (secondary N) is 1. The average molecular weight is 312 g/mol. The summed E-state index contributed by atoms with van der Waals surface area (Å²) in [6, 6.07) is 5.18. The molecule has 0 unspecified atom stereocenters. The first kappa shape index (κ1) is 14.9. The highest BCUT2D eigenvalue weighted by atomic mass is 35.5. The number of pyridine rings is 1. The van der Waals surface area contributed by atoms with Gasteiger partial charge in [0.25, 0.3) is 10.0 Å². The van der Waals surface area contributed by atoms with Gasteiger partial charge in [-0.1, -0.05) is 17.7 Å². The molecule has 0 saturated carbocycles. The van der Waals surface area contributed by atoms with Gasteiger partial charge in [0, 0.05) is 19.2 Å². The Bertz CT molecular complexity index is 747. The molecule has 5 nitrogen and oxygen atoms in total. The van der Waals surface area contributed by atoms with Crippen LogP contribution in [0.15, 0.2) is 29.4 Å². The Labute approximate surface area is 123 Å². The summed E-state index contributed by atoms with van der Waals surface area (Å²) in [6.07, 6.45) is 8.84. The maximum atomic E-state index is 12.3. The van der Waals surface area contributed by atoms with E-state index in [1.165, 1.54) is 4.40 Å². The average Bonchev–Trinajstić information content (AvgIpc) is 2.75. The van der Waals surface area contributed by atoms with E-state index >= 15 is 0 Å². The van der Waals surface area contributed by atoms with Gasteiger partial charge in [0.15, 0.2) is 10.2 Å². The molecule has 1 N–H and O–H groups in total. The van der Waals surface area contributed by atoms with E-state index in [0.29, 0.717) is 25.0 Å². The number of halogens is 1. The van der Waals surface area contributed by atoms with E-state index in [2.05, 4.69) is 15.6 Å². The van der Waals surface area contributed by atoms with Crippen molar-refractivity contribution in [2.75, 3.05) is 6.54 Å². The molecular formula is C13H14ClN3O2S. The van der Waals surface area contributed by atoms with Gasteiger partial charge in [-0.05, 0) is 25.0 Å². The first-order valence-corrected chi connectivity index (χ1v) is 7.98. The van der Waals surface area contributed by atoms with Crippen LogP contribution in [0.2, 0.25) is 5.15 Å². The Balaban J connectivity index is 2.20. The van der Waals surface area contributed by atoms with Gasteiger partial charge in [-0.3, -0.25) is 4.40 Å². The van der Waals surface area contributed by atoms with E-state index in [1.807, 2.05) is 0 Å². The van der Waals surface area contributed by atoms with E-state index in [9.17, 15) is 8.42 Å². The Hall–Kier alpha value is -1.55. The van der Waals surface area contributed by atoms with Crippen molar-refractivity contribution < 1.29 is 8.42 Å². The summed E-state index contributed by atoms with van der Waals surface area (Å²) in [5, 5.41) is -0.0703. The van der Waals surface area contributed by atoms with E-state index < -0.39 is 10.0 Å². The Morgan fingerprint density at radius 2 is 2.20 bits per heavy atom. The maximum absolute atomic E-state index is 12.3. The number of terminal acetylenes is 1. The highest BCUT2D eigenvalue weighted by Gasteiger charge is 2.23. The normalized spacial score (nSPS) is 11.6. The highest BCUT2D eigenvalue weighted by Crippen LogP contribution is 2.22. The zero-order valence-electron chi connectivity index (χ0n) is 10.7. The molecule has 2 heterocycles. The van der Waals surface area contributed by atoms with Gasteiger partial charge in [0.05, 0.1) is 0 Å². The predicted molar refractivity (Wildman–Crippen MR) is 78.1 cm³/mol. The largest absolute Gasteiger partial charge is 0.288 e. The lowest BCUT2D eigenvalue weighted by Gasteiger charge is -2.06. The molecule has 0 fully saturated rings. The van der Waals surface area contributed by atoms with Crippen molar-refractivity contribution in [3.63, 3.8) is 0 Å². The summed E-state index contributed by atoms with van der Waals surface area (Å²) in [7, 11) is -3.69. The van der Waals surface area contributed by atoms with Gasteiger partial charge >= 0.3 is 0 Å². The zero-order chi connectivity index (χ0) is 14.6. The molecule has 0 amide bonds. The molecule has 0 aliphatic carbocycles. The fourth-order valence-corrected chi connectivity index (χ4v) is 3.52. The number of sulfonamides is 1. The molecule has 7 heteroatoms. The third-order valence-corrected chi connectivity index (χ3v) is 4.60. The molecule has 106 valence electrons. The van der Waals surface area contributed by atoms with Crippen LogP contribution < -0.4 is 4.72 Å². The lowest BCUT2D eigenvalue weighted by atomic mass is 10.2. The second-order valence-electron chi connectivity index (χ2n) is 4.20. The third-order valence-electron chi connectivity index (χ3n) is 2.74. The van der Waals surface area contributed by atoms with Crippen molar-refractivity contribution >= 4 is 27.3 Å². The van der Waals surface area contributed by atoms with Crippen LogP contribution in [0.3, 0.4) is 0 Å². The molecule has 0 radical (unpaired) electrons. The summed E-state index contributed by atoms with van der Waals surface area (Å²) in [5.74, 6) is 2.51. The Kier molecular flexibility index (Phi) is 4.65. The van der Waals surface area contributed by atoms with Crippen LogP contribution in [-0.2, 0) is 10.0 Å². The lowest BCUT2D eigenvalue weighted by Crippen LogP contribution is -2.26. The van der Waals surface area contributed by atoms with Gasteiger partial charge in [-0.15, -0.1) is 12.3 Å². The van der Waals surface area contributed by atoms with Crippen molar-refractivity contribution in [3.8, 4) is 12.3 Å². The van der Waals surface area contributed by atoms with Crippen LogP contribution in [0.4, 0.5) is 0 Å². The number of hydrogen-bond acceptors (Lipinski definition) is 3. The standard InChI is InChI=1S/C13H14ClN3O2S/c1-2-3-4-6-9-15-20(18,19)13-12(14)16-11-8-5-7-10-17(11)13/h1,5,7-8,10,15H,3-4,6,9H2. The molecule has 2 aromatic rings. The van der Waals surface area contributed by atoms with E-state index in [-0.39, 0.29) is 10.2 Å². The fourth-order valence-electron chi connectivity index (χ4n) is 1.81. The number of unbranched alkanes of at least 4 members (excludes halogenated alkanes) is 2. The Morgan fingerprint density at radius 1 is 1.40 bits per heavy atom. The van der Waals surface area contributed by atoms with Crippen molar-refractivity contribution in [1.82, 2.24) is 14.1 Å². The van der Waals surface area contributed by atoms with Crippen LogP contribution in [0.25, 0.3) is 5.65 Å². The van der Waals surface area contributed by atoms with Crippen LogP contribution in [-0.4, -0.2) is 24.3 Å². The minimum atomic E-state index is -3.69. The summed E-state index contributed by atoms with van der Waals surface area (Å²) in [6.45, 7) is 0.320. The van der Waals surface area contributed by atoms with Crippen LogP contribution in [0.1, 0.15) is 19.3 Å². The fraction of sp³-hybridized carbons (Fsp3) is 0.308. The summed E-state index contributed by atoms with van der Waals surface area (Å²) in [4.78, 5) is 4.02. The SMILES string of the molecule is C#CCCCCNS(=O)(=O)c1c(Cl)nc2ccccn12. The highest BCUT2D eigenvalue weighted by molar-refractivity contribution is 7.89. The van der Waals surface area contributed by atoms with Crippen LogP contribution >= 0.6 is 11.6 Å². The number of imidazole rings is 1. The summed E-state index contributed by atoms with van der Waals surface area (Å²) in [5.41, 5.74) is 0.491. The second-order valence-corrected chi connectivity index (χ2v) is 6.24. The van der Waals surface area contributed by atoms with Crippen LogP contribution in [0, 0.1) is 12.3 Å². The molecule has 0 aromatic carbocycles. The van der Waals surface area contributed by atoms with E-state index in [1.54, 1.807) is 24.4 Å². The molecule has 2 rings (SSSR count). The maximum Gasteiger partial charge on any atom is 0.259 e.